The summed E-state index contributed by atoms with van der Waals surface area (Å²) in [6.45, 7) is 9.08. The predicted molar refractivity (Wildman–Crippen MR) is 82.4 cm³/mol. The van der Waals surface area contributed by atoms with Crippen LogP contribution < -0.4 is 14.8 Å². The topological polar surface area (TPSA) is 50.8 Å². The summed E-state index contributed by atoms with van der Waals surface area (Å²) in [6.07, 6.45) is 0. The number of rotatable bonds is 7. The average molecular weight is 292 g/mol. The number of Topliss-reactive ketones (excluding diaryl/α,β-unsaturated/α-hetero) is 1. The molecule has 21 heavy (non-hydrogen) atoms. The highest BCUT2D eigenvalue weighted by molar-refractivity contribution is 6.00. The summed E-state index contributed by atoms with van der Waals surface area (Å²) in [6, 6.07) is 5.45. The second-order valence-corrected chi connectivity index (χ2v) is 4.97. The second kappa shape index (κ2) is 8.00. The van der Waals surface area contributed by atoms with Crippen molar-refractivity contribution in [2.45, 2.75) is 13.8 Å². The Morgan fingerprint density at radius 1 is 1.19 bits per heavy atom. The molecule has 0 amide bonds. The molecule has 5 heteroatoms. The molecule has 0 atom stereocenters. The molecule has 0 aliphatic carbocycles. The van der Waals surface area contributed by atoms with Gasteiger partial charge in [0.1, 0.15) is 11.5 Å². The maximum Gasteiger partial charge on any atom is 0.180 e. The van der Waals surface area contributed by atoms with Crippen molar-refractivity contribution in [3.05, 3.63) is 23.8 Å². The molecule has 0 spiro atoms. The van der Waals surface area contributed by atoms with E-state index in [0.717, 1.165) is 26.2 Å². The zero-order valence-corrected chi connectivity index (χ0v) is 12.9. The molecular weight excluding hydrogens is 268 g/mol. The molecule has 1 aliphatic heterocycles. The molecule has 0 aromatic heterocycles. The fourth-order valence-electron chi connectivity index (χ4n) is 2.42. The number of hydrogen-bond acceptors (Lipinski definition) is 5. The summed E-state index contributed by atoms with van der Waals surface area (Å²) in [7, 11) is 0. The lowest BCUT2D eigenvalue weighted by molar-refractivity contribution is 0.0917. The monoisotopic (exact) mass is 292 g/mol. The highest BCUT2D eigenvalue weighted by Crippen LogP contribution is 2.25. The number of carbonyl (C=O) groups is 1. The third-order valence-electron chi connectivity index (χ3n) is 3.44. The van der Waals surface area contributed by atoms with Crippen LogP contribution in [-0.2, 0) is 0 Å². The van der Waals surface area contributed by atoms with Gasteiger partial charge < -0.3 is 14.8 Å². The van der Waals surface area contributed by atoms with Gasteiger partial charge in [-0.2, -0.15) is 0 Å². The molecular formula is C16H24N2O3. The molecule has 0 saturated carbocycles. The lowest BCUT2D eigenvalue weighted by Crippen LogP contribution is -2.45. The number of ketones is 1. The Kier molecular flexibility index (Phi) is 6.02. The van der Waals surface area contributed by atoms with E-state index in [2.05, 4.69) is 10.2 Å². The van der Waals surface area contributed by atoms with Gasteiger partial charge in [0.2, 0.25) is 0 Å². The molecule has 1 aliphatic rings. The Hall–Kier alpha value is -1.59. The van der Waals surface area contributed by atoms with Crippen LogP contribution in [0.1, 0.15) is 24.2 Å². The van der Waals surface area contributed by atoms with E-state index in [1.165, 1.54) is 0 Å². The first kappa shape index (κ1) is 15.8. The zero-order valence-electron chi connectivity index (χ0n) is 12.9. The Balaban J connectivity index is 2.13. The third kappa shape index (κ3) is 4.44. The summed E-state index contributed by atoms with van der Waals surface area (Å²) < 4.78 is 11.1. The molecule has 1 heterocycles. The van der Waals surface area contributed by atoms with Crippen molar-refractivity contribution in [2.75, 3.05) is 45.9 Å². The molecule has 0 unspecified atom stereocenters. The van der Waals surface area contributed by atoms with Gasteiger partial charge >= 0.3 is 0 Å². The SMILES string of the molecule is CCOc1ccc(OCC)c(C(=O)CN2CCNCC2)c1. The normalized spacial score (nSPS) is 15.7. The quantitative estimate of drug-likeness (QED) is 0.773. The highest BCUT2D eigenvalue weighted by atomic mass is 16.5. The van der Waals surface area contributed by atoms with Crippen LogP contribution in [0.3, 0.4) is 0 Å². The van der Waals surface area contributed by atoms with Gasteiger partial charge in [-0.25, -0.2) is 0 Å². The van der Waals surface area contributed by atoms with Crippen molar-refractivity contribution in [3.8, 4) is 11.5 Å². The van der Waals surface area contributed by atoms with Crippen LogP contribution in [0.25, 0.3) is 0 Å². The van der Waals surface area contributed by atoms with E-state index in [-0.39, 0.29) is 5.78 Å². The van der Waals surface area contributed by atoms with Crippen molar-refractivity contribution in [1.29, 1.82) is 0 Å². The van der Waals surface area contributed by atoms with Crippen LogP contribution >= 0.6 is 0 Å². The number of hydrogen-bond donors (Lipinski definition) is 1. The van der Waals surface area contributed by atoms with Crippen molar-refractivity contribution in [2.24, 2.45) is 0 Å². The van der Waals surface area contributed by atoms with Gasteiger partial charge in [0, 0.05) is 26.2 Å². The molecule has 0 radical (unpaired) electrons. The summed E-state index contributed by atoms with van der Waals surface area (Å²) in [5.41, 5.74) is 0.612. The molecule has 2 rings (SSSR count). The molecule has 1 saturated heterocycles. The number of nitrogens with zero attached hydrogens (tertiary/aromatic N) is 1. The lowest BCUT2D eigenvalue weighted by Gasteiger charge is -2.26. The minimum absolute atomic E-state index is 0.0851. The van der Waals surface area contributed by atoms with Crippen molar-refractivity contribution >= 4 is 5.78 Å². The molecule has 0 bridgehead atoms. The van der Waals surface area contributed by atoms with Gasteiger partial charge in [0.05, 0.1) is 25.3 Å². The second-order valence-electron chi connectivity index (χ2n) is 4.97. The van der Waals surface area contributed by atoms with Gasteiger partial charge in [-0.1, -0.05) is 0 Å². The minimum atomic E-state index is 0.0851. The van der Waals surface area contributed by atoms with E-state index in [1.807, 2.05) is 26.0 Å². The van der Waals surface area contributed by atoms with Gasteiger partial charge in [0.25, 0.3) is 0 Å². The molecule has 1 N–H and O–H groups in total. The Bertz CT molecular complexity index is 471. The highest BCUT2D eigenvalue weighted by Gasteiger charge is 2.18. The molecule has 1 aromatic rings. The maximum absolute atomic E-state index is 12.6. The van der Waals surface area contributed by atoms with Crippen LogP contribution in [0.4, 0.5) is 0 Å². The third-order valence-corrected chi connectivity index (χ3v) is 3.44. The Labute approximate surface area is 126 Å². The van der Waals surface area contributed by atoms with E-state index in [0.29, 0.717) is 36.8 Å². The van der Waals surface area contributed by atoms with Crippen LogP contribution in [0.15, 0.2) is 18.2 Å². The number of carbonyl (C=O) groups excluding carboxylic acids is 1. The van der Waals surface area contributed by atoms with Crippen LogP contribution in [0.2, 0.25) is 0 Å². The minimum Gasteiger partial charge on any atom is -0.494 e. The Morgan fingerprint density at radius 2 is 1.90 bits per heavy atom. The predicted octanol–water partition coefficient (Wildman–Crippen LogP) is 1.57. The largest absolute Gasteiger partial charge is 0.494 e. The van der Waals surface area contributed by atoms with E-state index in [4.69, 9.17) is 9.47 Å². The lowest BCUT2D eigenvalue weighted by atomic mass is 10.1. The fourth-order valence-corrected chi connectivity index (χ4v) is 2.42. The zero-order chi connectivity index (χ0) is 15.1. The smallest absolute Gasteiger partial charge is 0.180 e. The van der Waals surface area contributed by atoms with Crippen molar-refractivity contribution in [1.82, 2.24) is 10.2 Å². The van der Waals surface area contributed by atoms with Gasteiger partial charge in [0.15, 0.2) is 5.78 Å². The number of nitrogens with one attached hydrogen (secondary N) is 1. The Morgan fingerprint density at radius 3 is 2.57 bits per heavy atom. The van der Waals surface area contributed by atoms with Crippen molar-refractivity contribution in [3.63, 3.8) is 0 Å². The summed E-state index contributed by atoms with van der Waals surface area (Å²) in [5.74, 6) is 1.44. The first-order valence-electron chi connectivity index (χ1n) is 7.60. The molecule has 1 fully saturated rings. The van der Waals surface area contributed by atoms with E-state index >= 15 is 0 Å². The van der Waals surface area contributed by atoms with E-state index in [1.54, 1.807) is 6.07 Å². The number of ether oxygens (including phenoxy) is 2. The molecule has 116 valence electrons. The molecule has 5 nitrogen and oxygen atoms in total. The molecule has 1 aromatic carbocycles. The first-order chi connectivity index (χ1) is 10.2. The van der Waals surface area contributed by atoms with Crippen LogP contribution in [0, 0.1) is 0 Å². The van der Waals surface area contributed by atoms with Crippen molar-refractivity contribution < 1.29 is 14.3 Å². The summed E-state index contributed by atoms with van der Waals surface area (Å²) in [5, 5.41) is 3.29. The summed E-state index contributed by atoms with van der Waals surface area (Å²) in [4.78, 5) is 14.7. The van der Waals surface area contributed by atoms with Gasteiger partial charge in [-0.15, -0.1) is 0 Å². The van der Waals surface area contributed by atoms with E-state index < -0.39 is 0 Å². The van der Waals surface area contributed by atoms with Gasteiger partial charge in [-0.3, -0.25) is 9.69 Å². The van der Waals surface area contributed by atoms with Gasteiger partial charge in [-0.05, 0) is 32.0 Å². The van der Waals surface area contributed by atoms with E-state index in [9.17, 15) is 4.79 Å². The number of piperazine rings is 1. The average Bonchev–Trinajstić information content (AvgIpc) is 2.50. The summed E-state index contributed by atoms with van der Waals surface area (Å²) >= 11 is 0. The maximum atomic E-state index is 12.6. The standard InChI is InChI=1S/C16H24N2O3/c1-3-20-13-5-6-16(21-4-2)14(11-13)15(19)12-18-9-7-17-8-10-18/h5-6,11,17H,3-4,7-10,12H2,1-2H3. The fraction of sp³-hybridized carbons (Fsp3) is 0.562. The van der Waals surface area contributed by atoms with Crippen LogP contribution in [-0.4, -0.2) is 56.6 Å². The first-order valence-corrected chi connectivity index (χ1v) is 7.60. The number of benzene rings is 1. The van der Waals surface area contributed by atoms with Crippen LogP contribution in [0.5, 0.6) is 11.5 Å².